The molecule has 164 valence electrons. The molecule has 0 saturated carbocycles. The second-order valence-corrected chi connectivity index (χ2v) is 7.20. The van der Waals surface area contributed by atoms with Crippen LogP contribution in [0.1, 0.15) is 28.7 Å². The molecule has 0 aliphatic rings. The van der Waals surface area contributed by atoms with Crippen LogP contribution in [-0.2, 0) is 19.6 Å². The average molecular weight is 423 g/mol. The largest absolute Gasteiger partial charge is 0.490 e. The summed E-state index contributed by atoms with van der Waals surface area (Å²) in [5.41, 5.74) is 3.98. The number of hydrogen-bond acceptors (Lipinski definition) is 5. The quantitative estimate of drug-likeness (QED) is 0.466. The molecule has 0 unspecified atom stereocenters. The van der Waals surface area contributed by atoms with Gasteiger partial charge in [-0.1, -0.05) is 60.7 Å². The monoisotopic (exact) mass is 422 g/mol. The van der Waals surface area contributed by atoms with Crippen molar-refractivity contribution in [1.29, 1.82) is 0 Å². The molecule has 31 heavy (non-hydrogen) atoms. The first kappa shape index (κ1) is 22.5. The Balaban J connectivity index is 2.00. The minimum absolute atomic E-state index is 0.0894. The van der Waals surface area contributed by atoms with Crippen molar-refractivity contribution < 1.29 is 24.1 Å². The van der Waals surface area contributed by atoms with E-state index >= 15 is 0 Å². The van der Waals surface area contributed by atoms with Gasteiger partial charge in [0.25, 0.3) is 0 Å². The molecule has 0 fully saturated rings. The summed E-state index contributed by atoms with van der Waals surface area (Å²) in [5, 5.41) is 9.44. The van der Waals surface area contributed by atoms with Crippen LogP contribution in [0.3, 0.4) is 0 Å². The first-order valence-corrected chi connectivity index (χ1v) is 10.4. The van der Waals surface area contributed by atoms with Crippen LogP contribution in [0.2, 0.25) is 0 Å². The van der Waals surface area contributed by atoms with Gasteiger partial charge in [0.1, 0.15) is 13.2 Å². The molecule has 3 aromatic rings. The van der Waals surface area contributed by atoms with Gasteiger partial charge in [-0.15, -0.1) is 0 Å². The second kappa shape index (κ2) is 11.3. The highest BCUT2D eigenvalue weighted by Crippen LogP contribution is 2.50. The molecule has 0 atom stereocenters. The van der Waals surface area contributed by atoms with E-state index in [4.69, 9.17) is 18.9 Å². The average Bonchev–Trinajstić information content (AvgIpc) is 2.82. The molecule has 0 bridgehead atoms. The normalized spacial score (nSPS) is 10.6. The molecule has 0 spiro atoms. The van der Waals surface area contributed by atoms with Gasteiger partial charge in [0.05, 0.1) is 14.2 Å². The van der Waals surface area contributed by atoms with Gasteiger partial charge in [-0.25, -0.2) is 0 Å². The zero-order chi connectivity index (χ0) is 22.1. The van der Waals surface area contributed by atoms with E-state index in [9.17, 15) is 5.11 Å². The fourth-order valence-corrected chi connectivity index (χ4v) is 3.53. The Morgan fingerprint density at radius 2 is 1.16 bits per heavy atom. The Morgan fingerprint density at radius 1 is 0.677 bits per heavy atom. The molecule has 1 N–H and O–H groups in total. The molecule has 0 saturated heterocycles. The zero-order valence-corrected chi connectivity index (χ0v) is 18.4. The van der Waals surface area contributed by atoms with E-state index in [1.54, 1.807) is 14.2 Å². The van der Waals surface area contributed by atoms with E-state index in [-0.39, 0.29) is 6.61 Å². The van der Waals surface area contributed by atoms with E-state index in [1.807, 2.05) is 67.6 Å². The SMILES string of the molecule is COc1c(OCc2ccccc2)c(C)c(CCCO)c(OCc2ccccc2)c1OC. The van der Waals surface area contributed by atoms with E-state index < -0.39 is 0 Å². The smallest absolute Gasteiger partial charge is 0.207 e. The van der Waals surface area contributed by atoms with Gasteiger partial charge in [-0.2, -0.15) is 0 Å². The van der Waals surface area contributed by atoms with Crippen LogP contribution in [0.5, 0.6) is 23.0 Å². The molecule has 0 aliphatic carbocycles. The standard InChI is InChI=1S/C26H30O5/c1-19-22(15-10-16-27)24(31-18-21-13-8-5-9-14-21)26(29-3)25(28-2)23(19)30-17-20-11-6-4-7-12-20/h4-9,11-14,27H,10,15-18H2,1-3H3. The molecule has 0 aromatic heterocycles. The number of rotatable bonds is 11. The van der Waals surface area contributed by atoms with Crippen molar-refractivity contribution in [1.82, 2.24) is 0 Å². The van der Waals surface area contributed by atoms with Crippen LogP contribution in [0.15, 0.2) is 60.7 Å². The van der Waals surface area contributed by atoms with Crippen LogP contribution in [0.4, 0.5) is 0 Å². The van der Waals surface area contributed by atoms with Crippen LogP contribution < -0.4 is 18.9 Å². The molecule has 0 aliphatic heterocycles. The lowest BCUT2D eigenvalue weighted by Crippen LogP contribution is -2.08. The number of hydrogen-bond donors (Lipinski definition) is 1. The fraction of sp³-hybridized carbons (Fsp3) is 0.308. The summed E-state index contributed by atoms with van der Waals surface area (Å²) >= 11 is 0. The van der Waals surface area contributed by atoms with Crippen molar-refractivity contribution >= 4 is 0 Å². The Bertz CT molecular complexity index is 955. The number of aliphatic hydroxyl groups is 1. The molecular formula is C26H30O5. The Morgan fingerprint density at radius 3 is 1.65 bits per heavy atom. The minimum atomic E-state index is 0.0894. The Hall–Kier alpha value is -3.18. The van der Waals surface area contributed by atoms with Gasteiger partial charge < -0.3 is 24.1 Å². The van der Waals surface area contributed by atoms with Crippen LogP contribution in [0, 0.1) is 6.92 Å². The lowest BCUT2D eigenvalue weighted by Gasteiger charge is -2.23. The van der Waals surface area contributed by atoms with E-state index in [2.05, 4.69) is 0 Å². The summed E-state index contributed by atoms with van der Waals surface area (Å²) in [7, 11) is 3.19. The maximum absolute atomic E-state index is 9.44. The summed E-state index contributed by atoms with van der Waals surface area (Å²) < 4.78 is 23.9. The Kier molecular flexibility index (Phi) is 8.19. The summed E-state index contributed by atoms with van der Waals surface area (Å²) in [6, 6.07) is 19.9. The fourth-order valence-electron chi connectivity index (χ4n) is 3.53. The molecule has 0 radical (unpaired) electrons. The maximum Gasteiger partial charge on any atom is 0.207 e. The number of ether oxygens (including phenoxy) is 4. The maximum atomic E-state index is 9.44. The van der Waals surface area contributed by atoms with E-state index in [0.717, 1.165) is 22.3 Å². The zero-order valence-electron chi connectivity index (χ0n) is 18.4. The van der Waals surface area contributed by atoms with Gasteiger partial charge in [0.2, 0.25) is 11.5 Å². The van der Waals surface area contributed by atoms with Crippen molar-refractivity contribution in [3.8, 4) is 23.0 Å². The number of aliphatic hydroxyl groups excluding tert-OH is 1. The first-order valence-electron chi connectivity index (χ1n) is 10.4. The third kappa shape index (κ3) is 5.50. The molecule has 5 heteroatoms. The van der Waals surface area contributed by atoms with Gasteiger partial charge in [0, 0.05) is 17.7 Å². The molecular weight excluding hydrogens is 392 g/mol. The van der Waals surface area contributed by atoms with Gasteiger partial charge in [0.15, 0.2) is 11.5 Å². The molecule has 3 aromatic carbocycles. The van der Waals surface area contributed by atoms with Crippen LogP contribution >= 0.6 is 0 Å². The summed E-state index contributed by atoms with van der Waals surface area (Å²) in [4.78, 5) is 0. The molecule has 0 heterocycles. The lowest BCUT2D eigenvalue weighted by atomic mass is 10.00. The third-order valence-electron chi connectivity index (χ3n) is 5.13. The molecule has 3 rings (SSSR count). The minimum Gasteiger partial charge on any atom is -0.490 e. The Labute approximate surface area is 184 Å². The van der Waals surface area contributed by atoms with Crippen LogP contribution in [0.25, 0.3) is 0 Å². The van der Waals surface area contributed by atoms with E-state index in [1.165, 1.54) is 0 Å². The predicted octanol–water partition coefficient (Wildman–Crippen LogP) is 5.10. The first-order chi connectivity index (χ1) is 15.2. The van der Waals surface area contributed by atoms with Crippen molar-refractivity contribution in [2.75, 3.05) is 20.8 Å². The number of methoxy groups -OCH3 is 2. The topological polar surface area (TPSA) is 57.2 Å². The van der Waals surface area contributed by atoms with Crippen molar-refractivity contribution in [3.63, 3.8) is 0 Å². The van der Waals surface area contributed by atoms with Gasteiger partial charge >= 0.3 is 0 Å². The number of benzene rings is 3. The predicted molar refractivity (Wildman–Crippen MR) is 121 cm³/mol. The third-order valence-corrected chi connectivity index (χ3v) is 5.13. The summed E-state index contributed by atoms with van der Waals surface area (Å²) in [6.45, 7) is 2.89. The highest BCUT2D eigenvalue weighted by Gasteiger charge is 2.26. The lowest BCUT2D eigenvalue weighted by molar-refractivity contribution is 0.250. The highest BCUT2D eigenvalue weighted by molar-refractivity contribution is 5.67. The van der Waals surface area contributed by atoms with Crippen molar-refractivity contribution in [2.45, 2.75) is 33.0 Å². The van der Waals surface area contributed by atoms with Crippen molar-refractivity contribution in [3.05, 3.63) is 82.9 Å². The van der Waals surface area contributed by atoms with Crippen LogP contribution in [-0.4, -0.2) is 25.9 Å². The summed E-state index contributed by atoms with van der Waals surface area (Å²) in [6.07, 6.45) is 1.24. The second-order valence-electron chi connectivity index (χ2n) is 7.20. The highest BCUT2D eigenvalue weighted by atomic mass is 16.5. The summed E-state index contributed by atoms with van der Waals surface area (Å²) in [5.74, 6) is 2.26. The van der Waals surface area contributed by atoms with Gasteiger partial charge in [-0.05, 0) is 30.9 Å². The van der Waals surface area contributed by atoms with E-state index in [0.29, 0.717) is 49.1 Å². The van der Waals surface area contributed by atoms with Crippen molar-refractivity contribution in [2.24, 2.45) is 0 Å². The van der Waals surface area contributed by atoms with Gasteiger partial charge in [-0.3, -0.25) is 0 Å². The molecule has 0 amide bonds. The molecule has 5 nitrogen and oxygen atoms in total.